The summed E-state index contributed by atoms with van der Waals surface area (Å²) in [6.45, 7) is 2.24. The number of nitrogens with zero attached hydrogens (tertiary/aromatic N) is 2. The zero-order valence-electron chi connectivity index (χ0n) is 15.7. The molecule has 0 aliphatic carbocycles. The van der Waals surface area contributed by atoms with Crippen LogP contribution in [0.25, 0.3) is 22.3 Å². The number of fused-ring (bicyclic) bond motifs is 4. The van der Waals surface area contributed by atoms with Crippen molar-refractivity contribution in [1.82, 2.24) is 9.55 Å². The summed E-state index contributed by atoms with van der Waals surface area (Å²) in [5.41, 5.74) is 10.3. The Labute approximate surface area is 161 Å². The van der Waals surface area contributed by atoms with Gasteiger partial charge in [0, 0.05) is 29.3 Å². The van der Waals surface area contributed by atoms with Gasteiger partial charge in [0.25, 0.3) is 5.56 Å². The predicted molar refractivity (Wildman–Crippen MR) is 106 cm³/mol. The van der Waals surface area contributed by atoms with Crippen LogP contribution in [-0.2, 0) is 22.7 Å². The van der Waals surface area contributed by atoms with Gasteiger partial charge in [-0.25, -0.2) is 4.98 Å². The first-order chi connectivity index (χ1) is 13.5. The zero-order chi connectivity index (χ0) is 20.0. The lowest BCUT2D eigenvalue weighted by Crippen LogP contribution is -2.27. The van der Waals surface area contributed by atoms with Crippen LogP contribution in [0.4, 0.5) is 5.69 Å². The monoisotopic (exact) mass is 379 g/mol. The van der Waals surface area contributed by atoms with Crippen molar-refractivity contribution < 1.29 is 14.6 Å². The average molecular weight is 379 g/mol. The fraction of sp³-hybridized carbons (Fsp3) is 0.286. The van der Waals surface area contributed by atoms with Gasteiger partial charge in [-0.2, -0.15) is 0 Å². The van der Waals surface area contributed by atoms with Gasteiger partial charge < -0.3 is 20.1 Å². The number of carbonyl (C=O) groups is 1. The molecule has 0 saturated heterocycles. The number of anilines is 1. The van der Waals surface area contributed by atoms with Crippen molar-refractivity contribution in [3.05, 3.63) is 57.4 Å². The van der Waals surface area contributed by atoms with E-state index in [-0.39, 0.29) is 12.2 Å². The van der Waals surface area contributed by atoms with Crippen molar-refractivity contribution in [2.75, 3.05) is 12.8 Å². The first-order valence-electron chi connectivity index (χ1n) is 9.13. The largest absolute Gasteiger partial charge is 0.481 e. The summed E-state index contributed by atoms with van der Waals surface area (Å²) in [7, 11) is 1.49. The third-order valence-corrected chi connectivity index (χ3v) is 5.35. The van der Waals surface area contributed by atoms with Crippen molar-refractivity contribution in [3.63, 3.8) is 0 Å². The Morgan fingerprint density at radius 3 is 2.86 bits per heavy atom. The van der Waals surface area contributed by atoms with Gasteiger partial charge in [-0.15, -0.1) is 0 Å². The Morgan fingerprint density at radius 2 is 2.18 bits per heavy atom. The van der Waals surface area contributed by atoms with Crippen molar-refractivity contribution in [2.24, 2.45) is 0 Å². The van der Waals surface area contributed by atoms with Gasteiger partial charge in [0.2, 0.25) is 0 Å². The standard InChI is InChI=1S/C21H21N3O4/c1-3-12(21(26)27)13-8-18-19-11(9-24(18)20(25)15(13)10-28-2)7-14-16(22)5-4-6-17(14)23-19/h4-8,12H,3,9-10,22H2,1-2H3,(H,26,27). The fourth-order valence-corrected chi connectivity index (χ4v) is 3.96. The van der Waals surface area contributed by atoms with E-state index in [1.165, 1.54) is 7.11 Å². The molecule has 0 saturated carbocycles. The topological polar surface area (TPSA) is 107 Å². The molecule has 0 fully saturated rings. The number of carboxylic acids is 1. The Bertz CT molecular complexity index is 1170. The minimum absolute atomic E-state index is 0.0664. The Morgan fingerprint density at radius 1 is 1.39 bits per heavy atom. The minimum atomic E-state index is -0.957. The average Bonchev–Trinajstić information content (AvgIpc) is 3.02. The number of aliphatic carboxylic acids is 1. The Kier molecular flexibility index (Phi) is 4.39. The van der Waals surface area contributed by atoms with E-state index >= 15 is 0 Å². The Balaban J connectivity index is 1.99. The number of hydrogen-bond acceptors (Lipinski definition) is 5. The summed E-state index contributed by atoms with van der Waals surface area (Å²) in [6.07, 6.45) is 0.378. The second-order valence-corrected chi connectivity index (χ2v) is 7.00. The van der Waals surface area contributed by atoms with Crippen LogP contribution in [0.2, 0.25) is 0 Å². The van der Waals surface area contributed by atoms with E-state index in [1.807, 2.05) is 24.3 Å². The Hall–Kier alpha value is -3.19. The normalized spacial score (nSPS) is 13.4. The second-order valence-electron chi connectivity index (χ2n) is 7.00. The highest BCUT2D eigenvalue weighted by Gasteiger charge is 2.29. The van der Waals surface area contributed by atoms with Crippen LogP contribution in [0.3, 0.4) is 0 Å². The summed E-state index contributed by atoms with van der Waals surface area (Å²) in [6, 6.07) is 9.28. The lowest BCUT2D eigenvalue weighted by Gasteiger charge is -2.17. The molecule has 0 bridgehead atoms. The van der Waals surface area contributed by atoms with Crippen molar-refractivity contribution >= 4 is 22.6 Å². The van der Waals surface area contributed by atoms with Gasteiger partial charge in [-0.1, -0.05) is 13.0 Å². The van der Waals surface area contributed by atoms with Crippen LogP contribution in [-0.4, -0.2) is 27.7 Å². The molecule has 1 atom stereocenters. The van der Waals surface area contributed by atoms with Gasteiger partial charge in [0.1, 0.15) is 0 Å². The lowest BCUT2D eigenvalue weighted by atomic mass is 9.92. The van der Waals surface area contributed by atoms with E-state index in [1.54, 1.807) is 17.6 Å². The zero-order valence-corrected chi connectivity index (χ0v) is 15.7. The van der Waals surface area contributed by atoms with Crippen molar-refractivity contribution in [3.8, 4) is 11.4 Å². The van der Waals surface area contributed by atoms with Gasteiger partial charge in [-0.05, 0) is 36.2 Å². The highest BCUT2D eigenvalue weighted by molar-refractivity contribution is 5.93. The molecule has 3 aromatic rings. The molecule has 1 aliphatic rings. The molecule has 3 heterocycles. The predicted octanol–water partition coefficient (Wildman–Crippen LogP) is 2.73. The second kappa shape index (κ2) is 6.76. The van der Waals surface area contributed by atoms with Crippen molar-refractivity contribution in [1.29, 1.82) is 0 Å². The molecule has 0 spiro atoms. The third kappa shape index (κ3) is 2.66. The van der Waals surface area contributed by atoms with E-state index < -0.39 is 11.9 Å². The van der Waals surface area contributed by atoms with Gasteiger partial charge in [0.05, 0.1) is 36.0 Å². The summed E-state index contributed by atoms with van der Waals surface area (Å²) in [5, 5.41) is 10.5. The molecule has 4 rings (SSSR count). The highest BCUT2D eigenvalue weighted by atomic mass is 16.5. The number of benzene rings is 1. The first kappa shape index (κ1) is 18.2. The molecule has 1 unspecified atom stereocenters. The smallest absolute Gasteiger partial charge is 0.310 e. The van der Waals surface area contributed by atoms with Crippen LogP contribution in [0, 0.1) is 0 Å². The molecule has 144 valence electrons. The fourth-order valence-electron chi connectivity index (χ4n) is 3.96. The maximum atomic E-state index is 13.2. The maximum Gasteiger partial charge on any atom is 0.310 e. The van der Waals surface area contributed by atoms with E-state index in [4.69, 9.17) is 15.5 Å². The quantitative estimate of drug-likeness (QED) is 0.516. The molecule has 0 amide bonds. The van der Waals surface area contributed by atoms with E-state index in [0.29, 0.717) is 41.2 Å². The molecular formula is C21H21N3O4. The number of carboxylic acid groups (broad SMARTS) is 1. The molecular weight excluding hydrogens is 358 g/mol. The number of pyridine rings is 2. The van der Waals surface area contributed by atoms with Crippen LogP contribution in [0.1, 0.15) is 36.0 Å². The van der Waals surface area contributed by atoms with Gasteiger partial charge >= 0.3 is 5.97 Å². The number of ether oxygens (including phenoxy) is 1. The van der Waals surface area contributed by atoms with E-state index in [0.717, 1.165) is 16.5 Å². The molecule has 3 N–H and O–H groups in total. The van der Waals surface area contributed by atoms with Crippen molar-refractivity contribution in [2.45, 2.75) is 32.4 Å². The summed E-state index contributed by atoms with van der Waals surface area (Å²) >= 11 is 0. The molecule has 7 heteroatoms. The molecule has 2 aromatic heterocycles. The molecule has 7 nitrogen and oxygen atoms in total. The molecule has 28 heavy (non-hydrogen) atoms. The minimum Gasteiger partial charge on any atom is -0.481 e. The number of nitrogen functional groups attached to an aromatic ring is 1. The lowest BCUT2D eigenvalue weighted by molar-refractivity contribution is -0.138. The van der Waals surface area contributed by atoms with Gasteiger partial charge in [-0.3, -0.25) is 9.59 Å². The molecule has 1 aliphatic heterocycles. The molecule has 0 radical (unpaired) electrons. The summed E-state index contributed by atoms with van der Waals surface area (Å²) < 4.78 is 6.84. The van der Waals surface area contributed by atoms with Crippen LogP contribution in [0.15, 0.2) is 35.1 Å². The summed E-state index contributed by atoms with van der Waals surface area (Å²) in [5.74, 6) is -1.73. The van der Waals surface area contributed by atoms with E-state index in [9.17, 15) is 14.7 Å². The van der Waals surface area contributed by atoms with E-state index in [2.05, 4.69) is 0 Å². The molecule has 1 aromatic carbocycles. The third-order valence-electron chi connectivity index (χ3n) is 5.35. The van der Waals surface area contributed by atoms with Gasteiger partial charge in [0.15, 0.2) is 0 Å². The number of methoxy groups -OCH3 is 1. The highest BCUT2D eigenvalue weighted by Crippen LogP contribution is 2.35. The number of hydrogen-bond donors (Lipinski definition) is 2. The van der Waals surface area contributed by atoms with Crippen LogP contribution in [0.5, 0.6) is 0 Å². The van der Waals surface area contributed by atoms with Crippen LogP contribution < -0.4 is 11.3 Å². The number of rotatable bonds is 5. The maximum absolute atomic E-state index is 13.2. The van der Waals surface area contributed by atoms with Crippen LogP contribution >= 0.6 is 0 Å². The SMILES string of the molecule is CCC(C(=O)O)c1cc2n(c(=O)c1COC)Cc1cc3c(N)cccc3nc1-2. The number of nitrogens with two attached hydrogens (primary N) is 1. The first-order valence-corrected chi connectivity index (χ1v) is 9.13. The number of aromatic nitrogens is 2. The summed E-state index contributed by atoms with van der Waals surface area (Å²) in [4.78, 5) is 29.7.